The lowest BCUT2D eigenvalue weighted by Crippen LogP contribution is -2.26. The standard InChI is InChI=1S/C17H18ClN3O5S/c1-19-16(22)11-4-6-12(7-5-11)20-17(23)14-10-13(8-9-15(14)18)27(24,25)21(2)26-3/h4-10H,1-3H3,(H,19,22)(H,20,23). The predicted octanol–water partition coefficient (Wildman–Crippen LogP) is 2.13. The third kappa shape index (κ3) is 4.64. The smallest absolute Gasteiger partial charge is 0.264 e. The summed E-state index contributed by atoms with van der Waals surface area (Å²) in [7, 11) is 0.0369. The molecule has 10 heteroatoms. The molecule has 0 aliphatic carbocycles. The molecular formula is C17H18ClN3O5S. The van der Waals surface area contributed by atoms with Crippen LogP contribution in [0.15, 0.2) is 47.4 Å². The molecule has 0 aliphatic rings. The number of hydrogen-bond donors (Lipinski definition) is 2. The second kappa shape index (κ2) is 8.49. The van der Waals surface area contributed by atoms with E-state index in [4.69, 9.17) is 16.4 Å². The number of benzene rings is 2. The largest absolute Gasteiger partial charge is 0.355 e. The molecule has 8 nitrogen and oxygen atoms in total. The fourth-order valence-electron chi connectivity index (χ4n) is 2.13. The van der Waals surface area contributed by atoms with Gasteiger partial charge in [0.25, 0.3) is 21.8 Å². The van der Waals surface area contributed by atoms with E-state index >= 15 is 0 Å². The lowest BCUT2D eigenvalue weighted by molar-refractivity contribution is -0.0258. The monoisotopic (exact) mass is 411 g/mol. The zero-order valence-electron chi connectivity index (χ0n) is 14.8. The van der Waals surface area contributed by atoms with E-state index in [2.05, 4.69) is 10.6 Å². The van der Waals surface area contributed by atoms with Gasteiger partial charge in [-0.15, -0.1) is 0 Å². The van der Waals surface area contributed by atoms with Crippen molar-refractivity contribution in [2.75, 3.05) is 26.5 Å². The summed E-state index contributed by atoms with van der Waals surface area (Å²) in [6.07, 6.45) is 0. The Morgan fingerprint density at radius 3 is 2.26 bits per heavy atom. The van der Waals surface area contributed by atoms with E-state index in [1.165, 1.54) is 39.4 Å². The van der Waals surface area contributed by atoms with Crippen LogP contribution in [0.2, 0.25) is 5.02 Å². The molecule has 0 saturated carbocycles. The number of carbonyl (C=O) groups is 2. The Labute approximate surface area is 162 Å². The molecule has 0 heterocycles. The van der Waals surface area contributed by atoms with Gasteiger partial charge in [-0.1, -0.05) is 16.1 Å². The minimum absolute atomic E-state index is 0.0161. The van der Waals surface area contributed by atoms with Crippen LogP contribution < -0.4 is 10.6 Å². The van der Waals surface area contributed by atoms with Crippen LogP contribution in [0, 0.1) is 0 Å². The van der Waals surface area contributed by atoms with Crippen molar-refractivity contribution < 1.29 is 22.8 Å². The number of halogens is 1. The van der Waals surface area contributed by atoms with Gasteiger partial charge in [0.05, 0.1) is 22.6 Å². The van der Waals surface area contributed by atoms with Crippen LogP contribution in [0.3, 0.4) is 0 Å². The van der Waals surface area contributed by atoms with E-state index in [9.17, 15) is 18.0 Å². The van der Waals surface area contributed by atoms with Crippen LogP contribution >= 0.6 is 11.6 Å². The van der Waals surface area contributed by atoms with Crippen molar-refractivity contribution >= 4 is 39.1 Å². The Bertz CT molecular complexity index is 961. The van der Waals surface area contributed by atoms with E-state index in [1.807, 2.05) is 0 Å². The second-order valence-corrected chi connectivity index (χ2v) is 7.69. The molecule has 2 amide bonds. The van der Waals surface area contributed by atoms with Gasteiger partial charge in [-0.3, -0.25) is 14.4 Å². The van der Waals surface area contributed by atoms with Crippen LogP contribution in [0.4, 0.5) is 5.69 Å². The van der Waals surface area contributed by atoms with Crippen molar-refractivity contribution in [2.45, 2.75) is 4.90 Å². The van der Waals surface area contributed by atoms with Gasteiger partial charge in [0.2, 0.25) is 0 Å². The maximum Gasteiger partial charge on any atom is 0.264 e. The van der Waals surface area contributed by atoms with E-state index < -0.39 is 15.9 Å². The van der Waals surface area contributed by atoms with Crippen LogP contribution in [-0.2, 0) is 14.9 Å². The molecule has 144 valence electrons. The lowest BCUT2D eigenvalue weighted by Gasteiger charge is -2.15. The number of sulfonamides is 1. The third-order valence-corrected chi connectivity index (χ3v) is 5.71. The summed E-state index contributed by atoms with van der Waals surface area (Å²) in [5.74, 6) is -0.846. The van der Waals surface area contributed by atoms with Gasteiger partial charge < -0.3 is 10.6 Å². The second-order valence-electron chi connectivity index (χ2n) is 5.35. The minimum atomic E-state index is -3.92. The molecule has 0 aliphatic heterocycles. The van der Waals surface area contributed by atoms with Crippen LogP contribution in [0.5, 0.6) is 0 Å². The van der Waals surface area contributed by atoms with Crippen LogP contribution in [-0.4, -0.2) is 45.9 Å². The average molecular weight is 412 g/mol. The number of nitrogens with zero attached hydrogens (tertiary/aromatic N) is 1. The van der Waals surface area contributed by atoms with Gasteiger partial charge in [-0.05, 0) is 42.5 Å². The van der Waals surface area contributed by atoms with Gasteiger partial charge in [-0.25, -0.2) is 8.42 Å². The van der Waals surface area contributed by atoms with Crippen LogP contribution in [0.25, 0.3) is 0 Å². The Hall–Kier alpha value is -2.46. The number of hydrogen-bond acceptors (Lipinski definition) is 5. The molecular weight excluding hydrogens is 394 g/mol. The van der Waals surface area contributed by atoms with Crippen molar-refractivity contribution in [3.8, 4) is 0 Å². The summed E-state index contributed by atoms with van der Waals surface area (Å²) in [6, 6.07) is 9.96. The maximum atomic E-state index is 12.5. The molecule has 2 aromatic carbocycles. The molecule has 0 spiro atoms. The van der Waals surface area contributed by atoms with E-state index in [0.29, 0.717) is 15.7 Å². The van der Waals surface area contributed by atoms with Crippen molar-refractivity contribution in [2.24, 2.45) is 0 Å². The first-order valence-corrected chi connectivity index (χ1v) is 9.48. The Kier molecular flexibility index (Phi) is 6.55. The molecule has 0 unspecified atom stereocenters. The summed E-state index contributed by atoms with van der Waals surface area (Å²) < 4.78 is 25.3. The fraction of sp³-hybridized carbons (Fsp3) is 0.176. The normalized spacial score (nSPS) is 11.3. The highest BCUT2D eigenvalue weighted by Crippen LogP contribution is 2.23. The van der Waals surface area contributed by atoms with Crippen molar-refractivity contribution in [1.82, 2.24) is 9.79 Å². The number of hydroxylamine groups is 1. The number of rotatable bonds is 6. The minimum Gasteiger partial charge on any atom is -0.355 e. The van der Waals surface area contributed by atoms with Gasteiger partial charge >= 0.3 is 0 Å². The highest BCUT2D eigenvalue weighted by atomic mass is 35.5. The van der Waals surface area contributed by atoms with Crippen molar-refractivity contribution in [1.29, 1.82) is 0 Å². The molecule has 27 heavy (non-hydrogen) atoms. The summed E-state index contributed by atoms with van der Waals surface area (Å²) >= 11 is 6.05. The predicted molar refractivity (Wildman–Crippen MR) is 101 cm³/mol. The first-order chi connectivity index (χ1) is 12.7. The van der Waals surface area contributed by atoms with Gasteiger partial charge in [0, 0.05) is 25.3 Å². The topological polar surface area (TPSA) is 105 Å². The highest BCUT2D eigenvalue weighted by molar-refractivity contribution is 7.89. The van der Waals surface area contributed by atoms with E-state index in [0.717, 1.165) is 0 Å². The zero-order chi connectivity index (χ0) is 20.2. The highest BCUT2D eigenvalue weighted by Gasteiger charge is 2.23. The quantitative estimate of drug-likeness (QED) is 0.708. The molecule has 0 radical (unpaired) electrons. The molecule has 2 aromatic rings. The van der Waals surface area contributed by atoms with Gasteiger partial charge in [0.15, 0.2) is 0 Å². The van der Waals surface area contributed by atoms with Crippen LogP contribution in [0.1, 0.15) is 20.7 Å². The fourth-order valence-corrected chi connectivity index (χ4v) is 3.34. The van der Waals surface area contributed by atoms with E-state index in [1.54, 1.807) is 24.3 Å². The van der Waals surface area contributed by atoms with Gasteiger partial charge in [-0.2, -0.15) is 0 Å². The van der Waals surface area contributed by atoms with Crippen molar-refractivity contribution in [3.05, 3.63) is 58.6 Å². The molecule has 0 atom stereocenters. The molecule has 0 fully saturated rings. The Morgan fingerprint density at radius 2 is 1.70 bits per heavy atom. The lowest BCUT2D eigenvalue weighted by atomic mass is 10.1. The number of nitrogens with one attached hydrogen (secondary N) is 2. The summed E-state index contributed by atoms with van der Waals surface area (Å²) in [4.78, 5) is 28.6. The molecule has 0 aromatic heterocycles. The van der Waals surface area contributed by atoms with E-state index in [-0.39, 0.29) is 21.4 Å². The third-order valence-electron chi connectivity index (χ3n) is 3.71. The number of carbonyl (C=O) groups excluding carboxylic acids is 2. The first-order valence-electron chi connectivity index (χ1n) is 7.66. The summed E-state index contributed by atoms with van der Waals surface area (Å²) in [5, 5.41) is 5.20. The average Bonchev–Trinajstić information content (AvgIpc) is 2.67. The van der Waals surface area contributed by atoms with Crippen molar-refractivity contribution in [3.63, 3.8) is 0 Å². The molecule has 2 rings (SSSR count). The van der Waals surface area contributed by atoms with Gasteiger partial charge in [0.1, 0.15) is 0 Å². The molecule has 0 bridgehead atoms. The maximum absolute atomic E-state index is 12.5. The SMILES string of the molecule is CNC(=O)c1ccc(NC(=O)c2cc(S(=O)(=O)N(C)OC)ccc2Cl)cc1. The number of amides is 2. The summed E-state index contributed by atoms with van der Waals surface area (Å²) in [6.45, 7) is 0. The first kappa shape index (κ1) is 20.8. The molecule has 0 saturated heterocycles. The molecule has 2 N–H and O–H groups in total. The summed E-state index contributed by atoms with van der Waals surface area (Å²) in [5.41, 5.74) is 0.841. The Balaban J connectivity index is 2.28. The Morgan fingerprint density at radius 1 is 1.07 bits per heavy atom. The zero-order valence-corrected chi connectivity index (χ0v) is 16.4. The number of anilines is 1.